The molecule has 1 saturated heterocycles. The number of Topliss-reactive ketones (excluding diaryl/α,β-unsaturated/α-hetero) is 1. The van der Waals surface area contributed by atoms with Gasteiger partial charge in [0.2, 0.25) is 5.91 Å². The lowest BCUT2D eigenvalue weighted by molar-refractivity contribution is -0.121. The monoisotopic (exact) mass is 353 g/mol. The molecule has 2 N–H and O–H groups in total. The van der Waals surface area contributed by atoms with E-state index in [1.807, 2.05) is 0 Å². The van der Waals surface area contributed by atoms with Crippen molar-refractivity contribution in [2.45, 2.75) is 122 Å². The number of ether oxygens (including phenoxy) is 1. The van der Waals surface area contributed by atoms with Crippen molar-refractivity contribution in [2.24, 2.45) is 5.73 Å². The second-order valence-electron chi connectivity index (χ2n) is 7.55. The van der Waals surface area contributed by atoms with Gasteiger partial charge in [-0.3, -0.25) is 9.59 Å². The fraction of sp³-hybridized carbons (Fsp3) is 0.905. The Hall–Kier alpha value is -0.900. The van der Waals surface area contributed by atoms with Crippen LogP contribution in [0.25, 0.3) is 0 Å². The molecule has 0 spiro atoms. The predicted octanol–water partition coefficient (Wildman–Crippen LogP) is 5.07. The van der Waals surface area contributed by atoms with E-state index in [0.29, 0.717) is 6.42 Å². The summed E-state index contributed by atoms with van der Waals surface area (Å²) in [7, 11) is 0. The minimum Gasteiger partial charge on any atom is -0.367 e. The first-order valence-corrected chi connectivity index (χ1v) is 10.6. The number of unbranched alkanes of at least 4 members (excludes halogenated alkanes) is 14. The van der Waals surface area contributed by atoms with Crippen molar-refractivity contribution in [1.29, 1.82) is 0 Å². The lowest BCUT2D eigenvalue weighted by Gasteiger charge is -2.03. The molecule has 1 aliphatic rings. The van der Waals surface area contributed by atoms with E-state index in [9.17, 15) is 9.59 Å². The second kappa shape index (κ2) is 14.3. The molecule has 0 aromatic rings. The third-order valence-electron chi connectivity index (χ3n) is 5.12. The first-order valence-electron chi connectivity index (χ1n) is 10.6. The van der Waals surface area contributed by atoms with Gasteiger partial charge in [-0.2, -0.15) is 0 Å². The zero-order valence-corrected chi connectivity index (χ0v) is 16.3. The van der Waals surface area contributed by atoms with Crippen LogP contribution in [0.3, 0.4) is 0 Å². The van der Waals surface area contributed by atoms with Crippen LogP contribution in [0.15, 0.2) is 0 Å². The summed E-state index contributed by atoms with van der Waals surface area (Å²) in [6.07, 6.45) is 19.1. The Balaban J connectivity index is 1.74. The highest BCUT2D eigenvalue weighted by atomic mass is 16.6. The molecule has 0 unspecified atom stereocenters. The molecule has 2 atom stereocenters. The molecule has 0 aliphatic carbocycles. The molecule has 1 rings (SSSR count). The number of hydrogen-bond acceptors (Lipinski definition) is 3. The van der Waals surface area contributed by atoms with Gasteiger partial charge < -0.3 is 10.5 Å². The van der Waals surface area contributed by atoms with Gasteiger partial charge in [0.25, 0.3) is 0 Å². The van der Waals surface area contributed by atoms with Crippen molar-refractivity contribution in [2.75, 3.05) is 0 Å². The molecule has 0 aromatic carbocycles. The lowest BCUT2D eigenvalue weighted by Crippen LogP contribution is -2.22. The fourth-order valence-corrected chi connectivity index (χ4v) is 3.39. The molecule has 1 heterocycles. The van der Waals surface area contributed by atoms with Crippen LogP contribution < -0.4 is 5.73 Å². The summed E-state index contributed by atoms with van der Waals surface area (Å²) in [5.41, 5.74) is 5.10. The number of nitrogens with two attached hydrogens (primary N) is 1. The lowest BCUT2D eigenvalue weighted by atomic mass is 10.0. The number of amides is 1. The van der Waals surface area contributed by atoms with Gasteiger partial charge >= 0.3 is 0 Å². The largest absolute Gasteiger partial charge is 0.367 e. The van der Waals surface area contributed by atoms with Crippen LogP contribution >= 0.6 is 0 Å². The summed E-state index contributed by atoms with van der Waals surface area (Å²) in [4.78, 5) is 22.6. The van der Waals surface area contributed by atoms with E-state index in [1.54, 1.807) is 0 Å². The normalized spacial score (nSPS) is 19.1. The Labute approximate surface area is 154 Å². The van der Waals surface area contributed by atoms with Gasteiger partial charge in [-0.05, 0) is 6.42 Å². The zero-order chi connectivity index (χ0) is 18.3. The van der Waals surface area contributed by atoms with Gasteiger partial charge in [-0.25, -0.2) is 0 Å². The molecular weight excluding hydrogens is 314 g/mol. The summed E-state index contributed by atoms with van der Waals surface area (Å²) in [5, 5.41) is 0. The van der Waals surface area contributed by atoms with Crippen molar-refractivity contribution in [1.82, 2.24) is 0 Å². The molecule has 146 valence electrons. The highest BCUT2D eigenvalue weighted by molar-refractivity contribution is 5.95. The van der Waals surface area contributed by atoms with Crippen molar-refractivity contribution < 1.29 is 14.3 Å². The fourth-order valence-electron chi connectivity index (χ4n) is 3.39. The van der Waals surface area contributed by atoms with Crippen molar-refractivity contribution in [3.8, 4) is 0 Å². The summed E-state index contributed by atoms with van der Waals surface area (Å²) < 4.78 is 4.99. The van der Waals surface area contributed by atoms with Crippen LogP contribution in [0.1, 0.15) is 110 Å². The average Bonchev–Trinajstić information content (AvgIpc) is 3.39. The van der Waals surface area contributed by atoms with Crippen molar-refractivity contribution in [3.63, 3.8) is 0 Å². The summed E-state index contributed by atoms with van der Waals surface area (Å²) in [6, 6.07) is 0. The Morgan fingerprint density at radius 1 is 0.680 bits per heavy atom. The molecule has 0 radical (unpaired) electrons. The van der Waals surface area contributed by atoms with E-state index in [1.165, 1.54) is 83.5 Å². The van der Waals surface area contributed by atoms with Gasteiger partial charge in [-0.15, -0.1) is 0 Å². The van der Waals surface area contributed by atoms with Crippen LogP contribution in [-0.2, 0) is 14.3 Å². The summed E-state index contributed by atoms with van der Waals surface area (Å²) >= 11 is 0. The molecule has 1 fully saturated rings. The maximum Gasteiger partial charge on any atom is 0.249 e. The van der Waals surface area contributed by atoms with Gasteiger partial charge in [0.1, 0.15) is 0 Å². The quantitative estimate of drug-likeness (QED) is 0.276. The first-order chi connectivity index (χ1) is 12.2. The zero-order valence-electron chi connectivity index (χ0n) is 16.3. The van der Waals surface area contributed by atoms with E-state index in [2.05, 4.69) is 6.92 Å². The van der Waals surface area contributed by atoms with Crippen LogP contribution in [0.4, 0.5) is 0 Å². The molecule has 0 bridgehead atoms. The summed E-state index contributed by atoms with van der Waals surface area (Å²) in [6.45, 7) is 2.27. The molecule has 25 heavy (non-hydrogen) atoms. The molecule has 0 aromatic heterocycles. The molecule has 1 amide bonds. The number of rotatable bonds is 18. The van der Waals surface area contributed by atoms with E-state index >= 15 is 0 Å². The predicted molar refractivity (Wildman–Crippen MR) is 102 cm³/mol. The molecule has 1 aliphatic heterocycles. The Kier molecular flexibility index (Phi) is 12.7. The van der Waals surface area contributed by atoms with Crippen LogP contribution in [0, 0.1) is 0 Å². The topological polar surface area (TPSA) is 72.7 Å². The van der Waals surface area contributed by atoms with E-state index in [0.717, 1.165) is 12.8 Å². The van der Waals surface area contributed by atoms with Gasteiger partial charge in [0, 0.05) is 6.42 Å². The number of hydrogen-bond donors (Lipinski definition) is 1. The number of ketones is 1. The number of primary amides is 1. The van der Waals surface area contributed by atoms with E-state index < -0.39 is 18.1 Å². The van der Waals surface area contributed by atoms with Crippen LogP contribution in [0.5, 0.6) is 0 Å². The van der Waals surface area contributed by atoms with E-state index in [4.69, 9.17) is 10.5 Å². The Morgan fingerprint density at radius 3 is 1.44 bits per heavy atom. The van der Waals surface area contributed by atoms with Crippen LogP contribution in [-0.4, -0.2) is 23.9 Å². The van der Waals surface area contributed by atoms with E-state index in [-0.39, 0.29) is 5.78 Å². The minimum atomic E-state index is -0.649. The number of epoxide rings is 1. The highest BCUT2D eigenvalue weighted by Crippen LogP contribution is 2.24. The smallest absolute Gasteiger partial charge is 0.249 e. The van der Waals surface area contributed by atoms with Crippen molar-refractivity contribution >= 4 is 11.7 Å². The van der Waals surface area contributed by atoms with Gasteiger partial charge in [0.15, 0.2) is 18.0 Å². The maximum atomic E-state index is 11.7. The average molecular weight is 354 g/mol. The highest BCUT2D eigenvalue weighted by Gasteiger charge is 2.48. The molecule has 0 saturated carbocycles. The second-order valence-corrected chi connectivity index (χ2v) is 7.55. The SMILES string of the molecule is CCCCCCCCCCCCCCCCCC(=O)[C@H]1O[C@H]1C(N)=O. The van der Waals surface area contributed by atoms with Crippen LogP contribution in [0.2, 0.25) is 0 Å². The molecule has 4 nitrogen and oxygen atoms in total. The number of carbonyl (C=O) groups excluding carboxylic acids is 2. The minimum absolute atomic E-state index is 0.0403. The molecule has 4 heteroatoms. The number of carbonyl (C=O) groups is 2. The maximum absolute atomic E-state index is 11.7. The van der Waals surface area contributed by atoms with Crippen molar-refractivity contribution in [3.05, 3.63) is 0 Å². The third-order valence-corrected chi connectivity index (χ3v) is 5.12. The third kappa shape index (κ3) is 11.4. The van der Waals surface area contributed by atoms with Gasteiger partial charge in [-0.1, -0.05) is 96.8 Å². The Bertz CT molecular complexity index is 370. The standard InChI is InChI=1S/C21H39NO3/c1-2-3-4-5-6-7-8-9-10-11-12-13-14-15-16-17-18(23)19-20(25-19)21(22)24/h19-20H,2-17H2,1H3,(H2,22,24)/t19-,20-/m1/s1. The molecular formula is C21H39NO3. The summed E-state index contributed by atoms with van der Waals surface area (Å²) in [5.74, 6) is -0.478. The first kappa shape index (κ1) is 22.1. The van der Waals surface area contributed by atoms with Gasteiger partial charge in [0.05, 0.1) is 0 Å². The Morgan fingerprint density at radius 2 is 1.08 bits per heavy atom.